The molecule has 9 nitrogen and oxygen atoms in total. The molecule has 37 heavy (non-hydrogen) atoms. The number of rotatable bonds is 8. The molecular weight excluding hydrogens is 472 g/mol. The van der Waals surface area contributed by atoms with E-state index >= 15 is 0 Å². The lowest BCUT2D eigenvalue weighted by Gasteiger charge is -2.19. The smallest absolute Gasteiger partial charge is 0.407 e. The first kappa shape index (κ1) is 25.8. The first-order valence-electron chi connectivity index (χ1n) is 12.3. The van der Waals surface area contributed by atoms with E-state index in [4.69, 9.17) is 9.47 Å². The molecule has 0 atom stereocenters. The molecule has 0 fully saturated rings. The number of nitrogens with zero attached hydrogens (tertiary/aromatic N) is 1. The summed E-state index contributed by atoms with van der Waals surface area (Å²) in [6.45, 7) is 8.44. The monoisotopic (exact) mass is 504 g/mol. The number of fused-ring (bicyclic) bond motifs is 2. The number of carbonyl (C=O) groups is 3. The Morgan fingerprint density at radius 2 is 1.78 bits per heavy atom. The number of aromatic nitrogens is 2. The number of esters is 1. The van der Waals surface area contributed by atoms with Gasteiger partial charge in [0.1, 0.15) is 17.0 Å². The molecule has 2 amide bonds. The number of aryl methyl sites for hydroxylation is 1. The molecule has 194 valence electrons. The highest BCUT2D eigenvalue weighted by Crippen LogP contribution is 2.24. The summed E-state index contributed by atoms with van der Waals surface area (Å²) in [7, 11) is 0. The molecule has 0 saturated heterocycles. The van der Waals surface area contributed by atoms with Crippen molar-refractivity contribution in [2.75, 3.05) is 18.5 Å². The molecule has 4 aromatic rings. The van der Waals surface area contributed by atoms with Crippen molar-refractivity contribution in [3.8, 4) is 0 Å². The highest BCUT2D eigenvalue weighted by Gasteiger charge is 2.18. The SMILES string of the molecule is CCOC(=O)c1cc2cc(NC(=O)c3cc4ccccc4n3CCCNC(=O)OC(C)(C)C)ccc2[nH]1. The third kappa shape index (κ3) is 6.30. The van der Waals surface area contributed by atoms with Gasteiger partial charge in [-0.25, -0.2) is 9.59 Å². The third-order valence-corrected chi connectivity index (χ3v) is 5.64. The van der Waals surface area contributed by atoms with Gasteiger partial charge in [0.05, 0.1) is 6.61 Å². The van der Waals surface area contributed by atoms with Gasteiger partial charge in [0, 0.05) is 40.6 Å². The number of ether oxygens (including phenoxy) is 2. The zero-order chi connectivity index (χ0) is 26.6. The minimum absolute atomic E-state index is 0.253. The molecular formula is C28H32N4O5. The van der Waals surface area contributed by atoms with E-state index < -0.39 is 17.7 Å². The second-order valence-corrected chi connectivity index (χ2v) is 9.68. The van der Waals surface area contributed by atoms with Crippen molar-refractivity contribution in [2.24, 2.45) is 0 Å². The van der Waals surface area contributed by atoms with E-state index in [0.717, 1.165) is 21.8 Å². The van der Waals surface area contributed by atoms with E-state index in [0.29, 0.717) is 43.2 Å². The number of carbonyl (C=O) groups excluding carboxylic acids is 3. The lowest BCUT2D eigenvalue weighted by molar-refractivity contribution is 0.0513. The quantitative estimate of drug-likeness (QED) is 0.218. The fourth-order valence-electron chi connectivity index (χ4n) is 4.11. The topological polar surface area (TPSA) is 114 Å². The zero-order valence-electron chi connectivity index (χ0n) is 21.5. The van der Waals surface area contributed by atoms with Gasteiger partial charge in [0.15, 0.2) is 0 Å². The van der Waals surface area contributed by atoms with Crippen molar-refractivity contribution in [2.45, 2.75) is 46.3 Å². The second kappa shape index (κ2) is 10.8. The van der Waals surface area contributed by atoms with Gasteiger partial charge in [0.25, 0.3) is 5.91 Å². The van der Waals surface area contributed by atoms with E-state index in [-0.39, 0.29) is 5.91 Å². The maximum absolute atomic E-state index is 13.3. The van der Waals surface area contributed by atoms with Crippen LogP contribution in [-0.4, -0.2) is 46.3 Å². The maximum atomic E-state index is 13.3. The number of para-hydroxylation sites is 1. The van der Waals surface area contributed by atoms with Crippen LogP contribution in [0.15, 0.2) is 54.6 Å². The highest BCUT2D eigenvalue weighted by molar-refractivity contribution is 6.07. The molecule has 0 aliphatic rings. The van der Waals surface area contributed by atoms with Gasteiger partial charge in [-0.3, -0.25) is 4.79 Å². The molecule has 0 bridgehead atoms. The predicted molar refractivity (Wildman–Crippen MR) is 143 cm³/mol. The molecule has 2 aromatic heterocycles. The van der Waals surface area contributed by atoms with Crippen LogP contribution in [0, 0.1) is 0 Å². The minimum Gasteiger partial charge on any atom is -0.461 e. The molecule has 0 aliphatic carbocycles. The van der Waals surface area contributed by atoms with Crippen molar-refractivity contribution in [3.63, 3.8) is 0 Å². The highest BCUT2D eigenvalue weighted by atomic mass is 16.6. The first-order chi connectivity index (χ1) is 17.6. The Hall–Kier alpha value is -4.27. The average molecular weight is 505 g/mol. The van der Waals surface area contributed by atoms with Crippen LogP contribution in [0.1, 0.15) is 55.1 Å². The van der Waals surface area contributed by atoms with Gasteiger partial charge in [-0.05, 0) is 70.5 Å². The van der Waals surface area contributed by atoms with E-state index in [1.807, 2.05) is 67.8 Å². The molecule has 9 heteroatoms. The predicted octanol–water partition coefficient (Wildman–Crippen LogP) is 5.47. The molecule has 0 radical (unpaired) electrons. The Bertz CT molecular complexity index is 1440. The van der Waals surface area contributed by atoms with Crippen molar-refractivity contribution in [3.05, 3.63) is 66.0 Å². The summed E-state index contributed by atoms with van der Waals surface area (Å²) < 4.78 is 12.3. The molecule has 0 unspecified atom stereocenters. The molecule has 0 spiro atoms. The Kier molecular flexibility index (Phi) is 7.52. The number of nitrogens with one attached hydrogen (secondary N) is 3. The summed E-state index contributed by atoms with van der Waals surface area (Å²) in [4.78, 5) is 40.3. The second-order valence-electron chi connectivity index (χ2n) is 9.68. The number of H-pyrrole nitrogens is 1. The van der Waals surface area contributed by atoms with Crippen LogP contribution in [0.5, 0.6) is 0 Å². The number of aromatic amines is 1. The molecule has 0 saturated carbocycles. The third-order valence-electron chi connectivity index (χ3n) is 5.64. The summed E-state index contributed by atoms with van der Waals surface area (Å²) in [6.07, 6.45) is 0.151. The summed E-state index contributed by atoms with van der Waals surface area (Å²) in [5, 5.41) is 7.47. The number of hydrogen-bond acceptors (Lipinski definition) is 5. The lowest BCUT2D eigenvalue weighted by Crippen LogP contribution is -2.33. The average Bonchev–Trinajstić information content (AvgIpc) is 3.42. The standard InChI is InChI=1S/C28H32N4O5/c1-5-36-26(34)22-16-19-15-20(11-12-21(19)31-22)30-25(33)24-17-18-9-6-7-10-23(18)32(24)14-8-13-29-27(35)37-28(2,3)4/h6-7,9-12,15-17,31H,5,8,13-14H2,1-4H3,(H,29,35)(H,30,33). The van der Waals surface area contributed by atoms with Crippen LogP contribution < -0.4 is 10.6 Å². The van der Waals surface area contributed by atoms with E-state index in [2.05, 4.69) is 15.6 Å². The number of amides is 2. The lowest BCUT2D eigenvalue weighted by atomic mass is 10.2. The summed E-state index contributed by atoms with van der Waals surface area (Å²) in [5.41, 5.74) is 2.63. The van der Waals surface area contributed by atoms with Gasteiger partial charge in [-0.1, -0.05) is 18.2 Å². The Morgan fingerprint density at radius 3 is 2.54 bits per heavy atom. The van der Waals surface area contributed by atoms with Crippen molar-refractivity contribution in [1.82, 2.24) is 14.9 Å². The Morgan fingerprint density at radius 1 is 1.00 bits per heavy atom. The van der Waals surface area contributed by atoms with Crippen LogP contribution >= 0.6 is 0 Å². The zero-order valence-corrected chi connectivity index (χ0v) is 21.5. The molecule has 2 heterocycles. The fourth-order valence-corrected chi connectivity index (χ4v) is 4.11. The molecule has 3 N–H and O–H groups in total. The van der Waals surface area contributed by atoms with Gasteiger partial charge < -0.3 is 29.7 Å². The molecule has 2 aromatic carbocycles. The normalized spacial score (nSPS) is 11.5. The number of benzene rings is 2. The van der Waals surface area contributed by atoms with Gasteiger partial charge in [-0.2, -0.15) is 0 Å². The maximum Gasteiger partial charge on any atom is 0.407 e. The first-order valence-corrected chi connectivity index (χ1v) is 12.3. The van der Waals surface area contributed by atoms with Crippen LogP contribution in [0.3, 0.4) is 0 Å². The van der Waals surface area contributed by atoms with Gasteiger partial charge in [0.2, 0.25) is 0 Å². The largest absolute Gasteiger partial charge is 0.461 e. The van der Waals surface area contributed by atoms with Crippen molar-refractivity contribution >= 4 is 45.5 Å². The number of alkyl carbamates (subject to hydrolysis) is 1. The molecule has 0 aliphatic heterocycles. The van der Waals surface area contributed by atoms with E-state index in [9.17, 15) is 14.4 Å². The van der Waals surface area contributed by atoms with Crippen molar-refractivity contribution in [1.29, 1.82) is 0 Å². The van der Waals surface area contributed by atoms with Crippen LogP contribution in [0.2, 0.25) is 0 Å². The Balaban J connectivity index is 1.49. The summed E-state index contributed by atoms with van der Waals surface area (Å²) in [6, 6.07) is 16.8. The van der Waals surface area contributed by atoms with E-state index in [1.54, 1.807) is 19.1 Å². The minimum atomic E-state index is -0.560. The number of anilines is 1. The van der Waals surface area contributed by atoms with Crippen LogP contribution in [0.4, 0.5) is 10.5 Å². The van der Waals surface area contributed by atoms with Crippen LogP contribution in [-0.2, 0) is 16.0 Å². The fraction of sp³-hybridized carbons (Fsp3) is 0.321. The molecule has 4 rings (SSSR count). The van der Waals surface area contributed by atoms with Gasteiger partial charge >= 0.3 is 12.1 Å². The summed E-state index contributed by atoms with van der Waals surface area (Å²) in [5.74, 6) is -0.674. The summed E-state index contributed by atoms with van der Waals surface area (Å²) >= 11 is 0. The van der Waals surface area contributed by atoms with Crippen LogP contribution in [0.25, 0.3) is 21.8 Å². The number of hydrogen-bond donors (Lipinski definition) is 3. The van der Waals surface area contributed by atoms with Crippen molar-refractivity contribution < 1.29 is 23.9 Å². The Labute approximate surface area is 215 Å². The van der Waals surface area contributed by atoms with Gasteiger partial charge in [-0.15, -0.1) is 0 Å². The van der Waals surface area contributed by atoms with E-state index in [1.165, 1.54) is 0 Å².